The zero-order chi connectivity index (χ0) is 27.4. The minimum atomic E-state index is -0.665. The number of carbonyl (C=O) groups excluding carboxylic acids is 2. The van der Waals surface area contributed by atoms with Gasteiger partial charge < -0.3 is 15.2 Å². The summed E-state index contributed by atoms with van der Waals surface area (Å²) < 4.78 is 0. The van der Waals surface area contributed by atoms with Gasteiger partial charge in [-0.1, -0.05) is 30.3 Å². The molecule has 8 nitrogen and oxygen atoms in total. The van der Waals surface area contributed by atoms with Crippen LogP contribution >= 0.6 is 0 Å². The van der Waals surface area contributed by atoms with Crippen molar-refractivity contribution < 1.29 is 9.59 Å². The van der Waals surface area contributed by atoms with E-state index < -0.39 is 5.54 Å². The van der Waals surface area contributed by atoms with E-state index in [0.29, 0.717) is 18.5 Å². The Bertz CT molecular complexity index is 1340. The van der Waals surface area contributed by atoms with E-state index in [-0.39, 0.29) is 17.7 Å². The van der Waals surface area contributed by atoms with Gasteiger partial charge in [0.15, 0.2) is 0 Å². The third-order valence-corrected chi connectivity index (χ3v) is 9.62. The average molecular weight is 541 g/mol. The van der Waals surface area contributed by atoms with Crippen molar-refractivity contribution in [1.82, 2.24) is 20.1 Å². The molecule has 2 aromatic carbocycles. The number of rotatable bonds is 6. The summed E-state index contributed by atoms with van der Waals surface area (Å²) in [7, 11) is 0. The lowest BCUT2D eigenvalue weighted by atomic mass is 9.87. The van der Waals surface area contributed by atoms with Crippen LogP contribution in [0.3, 0.4) is 0 Å². The van der Waals surface area contributed by atoms with Crippen molar-refractivity contribution in [2.45, 2.75) is 64.1 Å². The number of anilines is 1. The molecule has 2 aromatic rings. The maximum Gasteiger partial charge on any atom is 0.256 e. The molecule has 40 heavy (non-hydrogen) atoms. The van der Waals surface area contributed by atoms with Crippen LogP contribution < -0.4 is 10.9 Å². The topological polar surface area (TPSA) is 80.3 Å². The van der Waals surface area contributed by atoms with Gasteiger partial charge in [-0.25, -0.2) is 5.43 Å². The summed E-state index contributed by atoms with van der Waals surface area (Å²) in [6.07, 6.45) is 4.54. The molecule has 2 amide bonds. The number of benzene rings is 2. The van der Waals surface area contributed by atoms with E-state index in [1.807, 2.05) is 9.80 Å². The third kappa shape index (κ3) is 4.61. The number of hydrogen-bond donors (Lipinski definition) is 2. The Balaban J connectivity index is 1.15. The van der Waals surface area contributed by atoms with Crippen molar-refractivity contribution in [3.05, 3.63) is 53.6 Å². The van der Waals surface area contributed by atoms with E-state index in [0.717, 1.165) is 87.5 Å². The smallest absolute Gasteiger partial charge is 0.256 e. The Morgan fingerprint density at radius 3 is 2.45 bits per heavy atom. The number of amidine groups is 1. The van der Waals surface area contributed by atoms with Crippen LogP contribution in [0.5, 0.6) is 0 Å². The van der Waals surface area contributed by atoms with Gasteiger partial charge in [0.25, 0.3) is 5.91 Å². The molecule has 5 aliphatic rings. The number of aliphatic imine (C=N–C) groups is 1. The van der Waals surface area contributed by atoms with Gasteiger partial charge in [0.05, 0.1) is 5.69 Å². The van der Waals surface area contributed by atoms with Crippen LogP contribution in [0.2, 0.25) is 0 Å². The molecule has 1 aliphatic carbocycles. The van der Waals surface area contributed by atoms with Gasteiger partial charge in [-0.15, -0.1) is 0 Å². The third-order valence-electron chi connectivity index (χ3n) is 9.62. The minimum absolute atomic E-state index is 0.153. The van der Waals surface area contributed by atoms with E-state index in [1.54, 1.807) is 0 Å². The number of nitrogens with zero attached hydrogens (tertiary/aromatic N) is 4. The summed E-state index contributed by atoms with van der Waals surface area (Å²) >= 11 is 0. The lowest BCUT2D eigenvalue weighted by molar-refractivity contribution is -0.133. The maximum atomic E-state index is 14.2. The molecule has 4 aliphatic heterocycles. The fourth-order valence-electron chi connectivity index (χ4n) is 6.90. The fourth-order valence-corrected chi connectivity index (χ4v) is 6.90. The highest BCUT2D eigenvalue weighted by Crippen LogP contribution is 2.38. The number of hydrazine groups is 1. The van der Waals surface area contributed by atoms with Crippen molar-refractivity contribution in [3.63, 3.8) is 0 Å². The lowest BCUT2D eigenvalue weighted by Crippen LogP contribution is -2.52. The molecule has 2 saturated heterocycles. The number of likely N-dealkylation sites (tertiary alicyclic amines) is 2. The first-order chi connectivity index (χ1) is 19.4. The minimum Gasteiger partial charge on any atom is -0.342 e. The Hall–Kier alpha value is -3.23. The molecule has 210 valence electrons. The predicted molar refractivity (Wildman–Crippen MR) is 157 cm³/mol. The van der Waals surface area contributed by atoms with Crippen LogP contribution in [0.25, 0.3) is 11.1 Å². The summed E-state index contributed by atoms with van der Waals surface area (Å²) in [5.74, 6) is 1.81. The fraction of sp³-hybridized carbons (Fsp3) is 0.531. The summed E-state index contributed by atoms with van der Waals surface area (Å²) in [5.41, 5.74) is 11.4. The number of hydrogen-bond acceptors (Lipinski definition) is 6. The first-order valence-electron chi connectivity index (χ1n) is 15.1. The van der Waals surface area contributed by atoms with E-state index >= 15 is 0 Å². The monoisotopic (exact) mass is 540 g/mol. The molecule has 1 atom stereocenters. The Kier molecular flexibility index (Phi) is 6.43. The second-order valence-electron chi connectivity index (χ2n) is 12.7. The molecule has 0 aromatic heterocycles. The first-order valence-corrected chi connectivity index (χ1v) is 15.1. The summed E-state index contributed by atoms with van der Waals surface area (Å²) in [6, 6.07) is 15.5. The van der Waals surface area contributed by atoms with Crippen LogP contribution in [0.1, 0.15) is 57.1 Å². The Morgan fingerprint density at radius 2 is 1.73 bits per heavy atom. The normalized spacial score (nSPS) is 24.1. The molecule has 3 fully saturated rings. The zero-order valence-corrected chi connectivity index (χ0v) is 23.7. The van der Waals surface area contributed by atoms with Crippen molar-refractivity contribution in [1.29, 1.82) is 0 Å². The summed E-state index contributed by atoms with van der Waals surface area (Å²) in [5, 5.41) is 0. The summed E-state index contributed by atoms with van der Waals surface area (Å²) in [4.78, 5) is 38.6. The van der Waals surface area contributed by atoms with Gasteiger partial charge in [0.2, 0.25) is 5.91 Å². The second kappa shape index (κ2) is 10.00. The highest BCUT2D eigenvalue weighted by molar-refractivity contribution is 6.15. The Labute approximate surface area is 236 Å². The van der Waals surface area contributed by atoms with Crippen LogP contribution in [0.4, 0.5) is 5.69 Å². The van der Waals surface area contributed by atoms with E-state index in [4.69, 9.17) is 4.99 Å². The number of nitrogens with one attached hydrogen (secondary N) is 2. The highest BCUT2D eigenvalue weighted by atomic mass is 16.2. The number of amides is 2. The van der Waals surface area contributed by atoms with Crippen LogP contribution in [0.15, 0.2) is 47.5 Å². The largest absolute Gasteiger partial charge is 0.342 e. The predicted octanol–water partition coefficient (Wildman–Crippen LogP) is 3.87. The molecule has 8 heteroatoms. The van der Waals surface area contributed by atoms with Crippen molar-refractivity contribution in [2.75, 3.05) is 38.1 Å². The van der Waals surface area contributed by atoms with E-state index in [2.05, 4.69) is 72.1 Å². The van der Waals surface area contributed by atoms with E-state index in [9.17, 15) is 9.59 Å². The molecule has 1 spiro atoms. The molecule has 0 bridgehead atoms. The second-order valence-corrected chi connectivity index (χ2v) is 12.7. The van der Waals surface area contributed by atoms with Crippen molar-refractivity contribution >= 4 is 23.3 Å². The van der Waals surface area contributed by atoms with Gasteiger partial charge in [-0.3, -0.25) is 19.5 Å². The lowest BCUT2D eigenvalue weighted by Gasteiger charge is -2.38. The van der Waals surface area contributed by atoms with Crippen LogP contribution in [-0.2, 0) is 16.1 Å². The van der Waals surface area contributed by atoms with Crippen molar-refractivity contribution in [2.24, 2.45) is 16.8 Å². The molecule has 0 unspecified atom stereocenters. The molecule has 2 N–H and O–H groups in total. The highest BCUT2D eigenvalue weighted by Gasteiger charge is 2.51. The van der Waals surface area contributed by atoms with Gasteiger partial charge in [0.1, 0.15) is 11.4 Å². The van der Waals surface area contributed by atoms with E-state index in [1.165, 1.54) is 11.1 Å². The molecule has 4 heterocycles. The molecule has 0 radical (unpaired) electrons. The van der Waals surface area contributed by atoms with Gasteiger partial charge in [0, 0.05) is 56.8 Å². The summed E-state index contributed by atoms with van der Waals surface area (Å²) in [6.45, 7) is 9.24. The average Bonchev–Trinajstić information content (AvgIpc) is 3.43. The zero-order valence-electron chi connectivity index (χ0n) is 23.7. The molecular formula is C32H40N6O2. The molecule has 7 rings (SSSR count). The molecular weight excluding hydrogens is 500 g/mol. The van der Waals surface area contributed by atoms with Gasteiger partial charge in [-0.05, 0) is 80.7 Å². The number of carbonyl (C=O) groups is 2. The van der Waals surface area contributed by atoms with Gasteiger partial charge >= 0.3 is 0 Å². The Morgan fingerprint density at radius 1 is 1.00 bits per heavy atom. The maximum absolute atomic E-state index is 14.2. The first kappa shape index (κ1) is 25.7. The SMILES string of the molecule is CC(C)N1CCC2(CC1)N=C(c1ccc(-c3ccc4c(c3)CNN4)cc1)N(C[C@@H]1CCN(C(=O)C3CC3)C1)C2=O. The molecule has 1 saturated carbocycles. The van der Waals surface area contributed by atoms with Crippen molar-refractivity contribution in [3.8, 4) is 11.1 Å². The quantitative estimate of drug-likeness (QED) is 0.582. The van der Waals surface area contributed by atoms with Crippen LogP contribution in [-0.4, -0.2) is 76.7 Å². The van der Waals surface area contributed by atoms with Crippen LogP contribution in [0, 0.1) is 11.8 Å². The number of fused-ring (bicyclic) bond motifs is 1. The van der Waals surface area contributed by atoms with Gasteiger partial charge in [-0.2, -0.15) is 0 Å². The standard InChI is InChI=1S/C32H40N6O2/c1-21(2)36-15-12-32(13-16-36)31(40)38(20-22-11-14-37(19-22)30(39)25-7-8-25)29(34-32)24-5-3-23(4-6-24)26-9-10-28-27(17-26)18-33-35-28/h3-6,9-10,17,21-22,25,33,35H,7-8,11-16,18-20H2,1-2H3/t22-/m1/s1. The number of piperidine rings is 1.